The monoisotopic (exact) mass is 199 g/mol. The second-order valence-corrected chi connectivity index (χ2v) is 4.38. The summed E-state index contributed by atoms with van der Waals surface area (Å²) in [6.45, 7) is 4.16. The van der Waals surface area contributed by atoms with Crippen molar-refractivity contribution >= 4 is 5.97 Å². The first-order valence-electron chi connectivity index (χ1n) is 5.61. The van der Waals surface area contributed by atoms with Crippen LogP contribution < -0.4 is 5.32 Å². The molecule has 0 heterocycles. The number of carboxylic acid groups (broad SMARTS) is 1. The number of rotatable bonds is 7. The Morgan fingerprint density at radius 1 is 1.50 bits per heavy atom. The smallest absolute Gasteiger partial charge is 0.303 e. The Kier molecular flexibility index (Phi) is 4.39. The van der Waals surface area contributed by atoms with Crippen LogP contribution in [0.2, 0.25) is 0 Å². The molecule has 0 bridgehead atoms. The molecular weight excluding hydrogens is 178 g/mol. The fourth-order valence-corrected chi connectivity index (χ4v) is 2.05. The Labute approximate surface area is 85.9 Å². The van der Waals surface area contributed by atoms with Crippen molar-refractivity contribution in [2.24, 2.45) is 5.41 Å². The van der Waals surface area contributed by atoms with Gasteiger partial charge in [0.2, 0.25) is 0 Å². The van der Waals surface area contributed by atoms with Crippen molar-refractivity contribution in [3.63, 3.8) is 0 Å². The van der Waals surface area contributed by atoms with Crippen molar-refractivity contribution in [3.8, 4) is 0 Å². The Morgan fingerprint density at radius 3 is 2.64 bits per heavy atom. The van der Waals surface area contributed by atoms with Gasteiger partial charge in [-0.1, -0.05) is 13.3 Å². The van der Waals surface area contributed by atoms with E-state index < -0.39 is 5.97 Å². The van der Waals surface area contributed by atoms with Gasteiger partial charge < -0.3 is 10.4 Å². The number of hydrogen-bond acceptors (Lipinski definition) is 2. The highest BCUT2D eigenvalue weighted by Gasteiger charge is 2.34. The van der Waals surface area contributed by atoms with Crippen molar-refractivity contribution in [2.45, 2.75) is 45.4 Å². The third kappa shape index (κ3) is 3.29. The highest BCUT2D eigenvalue weighted by Crippen LogP contribution is 2.42. The van der Waals surface area contributed by atoms with Crippen molar-refractivity contribution in [3.05, 3.63) is 0 Å². The lowest BCUT2D eigenvalue weighted by atomic mass is 9.67. The number of carboxylic acids is 1. The zero-order valence-corrected chi connectivity index (χ0v) is 9.01. The molecule has 0 unspecified atom stereocenters. The normalized spacial score (nSPS) is 18.9. The second kappa shape index (κ2) is 5.35. The predicted octanol–water partition coefficient (Wildman–Crippen LogP) is 2.02. The molecule has 0 spiro atoms. The summed E-state index contributed by atoms with van der Waals surface area (Å²) < 4.78 is 0. The summed E-state index contributed by atoms with van der Waals surface area (Å²) in [5.74, 6) is -0.694. The molecule has 1 aliphatic rings. The maximum atomic E-state index is 10.3. The van der Waals surface area contributed by atoms with Gasteiger partial charge >= 0.3 is 5.97 Å². The van der Waals surface area contributed by atoms with Gasteiger partial charge in [0, 0.05) is 13.0 Å². The van der Waals surface area contributed by atoms with E-state index in [0.29, 0.717) is 5.41 Å². The lowest BCUT2D eigenvalue weighted by molar-refractivity contribution is -0.137. The Balaban J connectivity index is 2.00. The third-order valence-electron chi connectivity index (χ3n) is 3.41. The molecular formula is C11H21NO2. The molecule has 1 saturated carbocycles. The van der Waals surface area contributed by atoms with Gasteiger partial charge in [-0.25, -0.2) is 0 Å². The van der Waals surface area contributed by atoms with Gasteiger partial charge in [0.05, 0.1) is 0 Å². The molecule has 0 radical (unpaired) electrons. The summed E-state index contributed by atoms with van der Waals surface area (Å²) in [5.41, 5.74) is 0.545. The van der Waals surface area contributed by atoms with Crippen molar-refractivity contribution in [1.82, 2.24) is 5.32 Å². The van der Waals surface area contributed by atoms with E-state index >= 15 is 0 Å². The van der Waals surface area contributed by atoms with Crippen molar-refractivity contribution in [2.75, 3.05) is 13.1 Å². The molecule has 3 nitrogen and oxygen atoms in total. The first-order valence-corrected chi connectivity index (χ1v) is 5.61. The fraction of sp³-hybridized carbons (Fsp3) is 0.909. The molecule has 0 saturated heterocycles. The van der Waals surface area contributed by atoms with Crippen LogP contribution in [0.25, 0.3) is 0 Å². The standard InChI is InChI=1S/C11H21NO2/c1-2-11(6-4-7-11)9-12-8-3-5-10(13)14/h12H,2-9H2,1H3,(H,13,14). The van der Waals surface area contributed by atoms with E-state index in [9.17, 15) is 4.79 Å². The van der Waals surface area contributed by atoms with Gasteiger partial charge in [-0.15, -0.1) is 0 Å². The van der Waals surface area contributed by atoms with Crippen LogP contribution in [0.1, 0.15) is 45.4 Å². The third-order valence-corrected chi connectivity index (χ3v) is 3.41. The first kappa shape index (κ1) is 11.5. The summed E-state index contributed by atoms with van der Waals surface area (Å²) in [6.07, 6.45) is 6.33. The topological polar surface area (TPSA) is 49.3 Å². The molecule has 3 heteroatoms. The SMILES string of the molecule is CCC1(CNCCCC(=O)O)CCC1. The minimum absolute atomic E-state index is 0.284. The minimum atomic E-state index is -0.694. The number of aliphatic carboxylic acids is 1. The fourth-order valence-electron chi connectivity index (χ4n) is 2.05. The van der Waals surface area contributed by atoms with E-state index in [2.05, 4.69) is 12.2 Å². The summed E-state index contributed by atoms with van der Waals surface area (Å²) >= 11 is 0. The Morgan fingerprint density at radius 2 is 2.21 bits per heavy atom. The molecule has 0 aliphatic heterocycles. The van der Waals surface area contributed by atoms with Crippen LogP contribution in [0.3, 0.4) is 0 Å². The molecule has 0 aromatic rings. The average molecular weight is 199 g/mol. The van der Waals surface area contributed by atoms with Gasteiger partial charge in [-0.2, -0.15) is 0 Å². The van der Waals surface area contributed by atoms with E-state index in [1.54, 1.807) is 0 Å². The van der Waals surface area contributed by atoms with Crippen LogP contribution in [0.15, 0.2) is 0 Å². The quantitative estimate of drug-likeness (QED) is 0.617. The molecule has 1 fully saturated rings. The van der Waals surface area contributed by atoms with E-state index in [4.69, 9.17) is 5.11 Å². The van der Waals surface area contributed by atoms with Gasteiger partial charge in [0.1, 0.15) is 0 Å². The summed E-state index contributed by atoms with van der Waals surface area (Å²) in [7, 11) is 0. The van der Waals surface area contributed by atoms with Crippen LogP contribution in [-0.4, -0.2) is 24.2 Å². The number of hydrogen-bond donors (Lipinski definition) is 2. The van der Waals surface area contributed by atoms with Gasteiger partial charge in [-0.05, 0) is 37.6 Å². The van der Waals surface area contributed by atoms with Gasteiger partial charge in [0.15, 0.2) is 0 Å². The lowest BCUT2D eigenvalue weighted by Crippen LogP contribution is -2.39. The van der Waals surface area contributed by atoms with Crippen LogP contribution in [0, 0.1) is 5.41 Å². The lowest BCUT2D eigenvalue weighted by Gasteiger charge is -2.41. The van der Waals surface area contributed by atoms with E-state index in [1.165, 1.54) is 25.7 Å². The Hall–Kier alpha value is -0.570. The highest BCUT2D eigenvalue weighted by atomic mass is 16.4. The molecule has 0 amide bonds. The largest absolute Gasteiger partial charge is 0.481 e. The molecule has 0 aromatic carbocycles. The predicted molar refractivity (Wildman–Crippen MR) is 56.3 cm³/mol. The minimum Gasteiger partial charge on any atom is -0.481 e. The first-order chi connectivity index (χ1) is 6.68. The van der Waals surface area contributed by atoms with Gasteiger partial charge in [0.25, 0.3) is 0 Å². The van der Waals surface area contributed by atoms with Crippen molar-refractivity contribution < 1.29 is 9.90 Å². The van der Waals surface area contributed by atoms with E-state index in [0.717, 1.165) is 19.5 Å². The zero-order chi connectivity index (χ0) is 10.4. The average Bonchev–Trinajstić information content (AvgIpc) is 2.08. The summed E-state index contributed by atoms with van der Waals surface area (Å²) in [6, 6.07) is 0. The number of carbonyl (C=O) groups is 1. The highest BCUT2D eigenvalue weighted by molar-refractivity contribution is 5.66. The zero-order valence-electron chi connectivity index (χ0n) is 9.01. The molecule has 0 atom stereocenters. The summed E-state index contributed by atoms with van der Waals surface area (Å²) in [5, 5.41) is 11.8. The molecule has 0 aromatic heterocycles. The van der Waals surface area contributed by atoms with Crippen LogP contribution in [-0.2, 0) is 4.79 Å². The maximum absolute atomic E-state index is 10.3. The van der Waals surface area contributed by atoms with Gasteiger partial charge in [-0.3, -0.25) is 4.79 Å². The molecule has 1 aliphatic carbocycles. The van der Waals surface area contributed by atoms with E-state index in [-0.39, 0.29) is 6.42 Å². The number of nitrogens with one attached hydrogen (secondary N) is 1. The second-order valence-electron chi connectivity index (χ2n) is 4.38. The molecule has 82 valence electrons. The summed E-state index contributed by atoms with van der Waals surface area (Å²) in [4.78, 5) is 10.3. The molecule has 14 heavy (non-hydrogen) atoms. The van der Waals surface area contributed by atoms with Crippen LogP contribution in [0.4, 0.5) is 0 Å². The molecule has 1 rings (SSSR count). The van der Waals surface area contributed by atoms with Crippen molar-refractivity contribution in [1.29, 1.82) is 0 Å². The van der Waals surface area contributed by atoms with Crippen LogP contribution in [0.5, 0.6) is 0 Å². The maximum Gasteiger partial charge on any atom is 0.303 e. The Bertz CT molecular complexity index is 182. The van der Waals surface area contributed by atoms with Crippen LogP contribution >= 0.6 is 0 Å². The molecule has 2 N–H and O–H groups in total. The van der Waals surface area contributed by atoms with E-state index in [1.807, 2.05) is 0 Å².